The highest BCUT2D eigenvalue weighted by Gasteiger charge is 2.19. The van der Waals surface area contributed by atoms with E-state index in [0.29, 0.717) is 18.2 Å². The molecule has 0 aromatic heterocycles. The van der Waals surface area contributed by atoms with E-state index in [1.165, 1.54) is 13.0 Å². The van der Waals surface area contributed by atoms with E-state index in [0.717, 1.165) is 24.5 Å². The first-order valence-electron chi connectivity index (χ1n) is 6.64. The average molecular weight is 249 g/mol. The first-order valence-corrected chi connectivity index (χ1v) is 6.64. The summed E-state index contributed by atoms with van der Waals surface area (Å²) >= 11 is 0. The number of hydrogen-bond donors (Lipinski definition) is 2. The number of nitrogen functional groups attached to an aromatic ring is 1. The Morgan fingerprint density at radius 1 is 1.50 bits per heavy atom. The van der Waals surface area contributed by atoms with Crippen molar-refractivity contribution in [3.8, 4) is 5.75 Å². The van der Waals surface area contributed by atoms with Crippen molar-refractivity contribution in [3.63, 3.8) is 0 Å². The van der Waals surface area contributed by atoms with Gasteiger partial charge < -0.3 is 20.7 Å². The molecule has 1 aromatic rings. The molecule has 4 nitrogen and oxygen atoms in total. The molecule has 0 radical (unpaired) electrons. The lowest BCUT2D eigenvalue weighted by molar-refractivity contribution is 0.342. The highest BCUT2D eigenvalue weighted by molar-refractivity contribution is 5.72. The van der Waals surface area contributed by atoms with Gasteiger partial charge >= 0.3 is 0 Å². The fraction of sp³-hybridized carbons (Fsp3) is 0.571. The maximum atomic E-state index is 6.08. The fourth-order valence-corrected chi connectivity index (χ4v) is 2.43. The maximum Gasteiger partial charge on any atom is 0.144 e. The number of nitrogens with zero attached hydrogens (tertiary/aromatic N) is 1. The summed E-state index contributed by atoms with van der Waals surface area (Å²) < 4.78 is 5.49. The van der Waals surface area contributed by atoms with Gasteiger partial charge in [0.25, 0.3) is 0 Å². The van der Waals surface area contributed by atoms with Crippen LogP contribution in [0.1, 0.15) is 13.3 Å². The predicted molar refractivity (Wildman–Crippen MR) is 76.1 cm³/mol. The smallest absolute Gasteiger partial charge is 0.144 e. The Bertz CT molecular complexity index is 395. The van der Waals surface area contributed by atoms with Gasteiger partial charge in [0.1, 0.15) is 5.75 Å². The van der Waals surface area contributed by atoms with Gasteiger partial charge in [-0.15, -0.1) is 0 Å². The second kappa shape index (κ2) is 5.96. The van der Waals surface area contributed by atoms with E-state index in [-0.39, 0.29) is 0 Å². The average Bonchev–Trinajstić information content (AvgIpc) is 2.77. The first kappa shape index (κ1) is 13.0. The molecule has 1 aliphatic heterocycles. The summed E-state index contributed by atoms with van der Waals surface area (Å²) in [7, 11) is 2.17. The maximum absolute atomic E-state index is 6.08. The normalized spacial score (nSPS) is 20.0. The van der Waals surface area contributed by atoms with Crippen LogP contribution in [0.15, 0.2) is 18.2 Å². The van der Waals surface area contributed by atoms with Crippen LogP contribution in [0.25, 0.3) is 0 Å². The largest absolute Gasteiger partial charge is 0.492 e. The van der Waals surface area contributed by atoms with E-state index in [4.69, 9.17) is 10.5 Å². The Labute approximate surface area is 109 Å². The third-order valence-corrected chi connectivity index (χ3v) is 3.44. The Morgan fingerprint density at radius 3 is 3.00 bits per heavy atom. The number of nitrogens with two attached hydrogens (primary N) is 1. The van der Waals surface area contributed by atoms with Crippen molar-refractivity contribution in [2.45, 2.75) is 13.3 Å². The van der Waals surface area contributed by atoms with Gasteiger partial charge in [-0.25, -0.2) is 0 Å². The van der Waals surface area contributed by atoms with E-state index >= 15 is 0 Å². The number of rotatable bonds is 5. The monoisotopic (exact) mass is 249 g/mol. The summed E-state index contributed by atoms with van der Waals surface area (Å²) in [4.78, 5) is 2.37. The van der Waals surface area contributed by atoms with Gasteiger partial charge in [-0.1, -0.05) is 6.07 Å². The van der Waals surface area contributed by atoms with Gasteiger partial charge in [0.15, 0.2) is 0 Å². The predicted octanol–water partition coefficient (Wildman–Crippen LogP) is 2.03. The SMILES string of the molecule is CCOc1cccc(NCC2CCN(C)C2)c1N. The Morgan fingerprint density at radius 2 is 2.33 bits per heavy atom. The zero-order valence-electron chi connectivity index (χ0n) is 11.3. The van der Waals surface area contributed by atoms with Crippen LogP contribution in [0.3, 0.4) is 0 Å². The third kappa shape index (κ3) is 3.07. The molecule has 0 saturated carbocycles. The lowest BCUT2D eigenvalue weighted by Gasteiger charge is -2.16. The van der Waals surface area contributed by atoms with Crippen LogP contribution in [0.5, 0.6) is 5.75 Å². The summed E-state index contributed by atoms with van der Waals surface area (Å²) in [6.07, 6.45) is 1.26. The van der Waals surface area contributed by atoms with Crippen molar-refractivity contribution in [2.24, 2.45) is 5.92 Å². The second-order valence-corrected chi connectivity index (χ2v) is 4.95. The standard InChI is InChI=1S/C14H23N3O/c1-3-18-13-6-4-5-12(14(13)15)16-9-11-7-8-17(2)10-11/h4-6,11,16H,3,7-10,15H2,1-2H3. The molecule has 1 aromatic carbocycles. The molecule has 0 aliphatic carbocycles. The summed E-state index contributed by atoms with van der Waals surface area (Å²) in [5.74, 6) is 1.48. The van der Waals surface area contributed by atoms with Crippen molar-refractivity contribution in [2.75, 3.05) is 44.3 Å². The molecule has 1 unspecified atom stereocenters. The van der Waals surface area contributed by atoms with Gasteiger partial charge in [-0.3, -0.25) is 0 Å². The van der Waals surface area contributed by atoms with Crippen molar-refractivity contribution < 1.29 is 4.74 Å². The van der Waals surface area contributed by atoms with Gasteiger partial charge in [-0.05, 0) is 45.0 Å². The molecule has 0 spiro atoms. The van der Waals surface area contributed by atoms with Crippen LogP contribution in [0, 0.1) is 5.92 Å². The van der Waals surface area contributed by atoms with Crippen molar-refractivity contribution >= 4 is 11.4 Å². The third-order valence-electron chi connectivity index (χ3n) is 3.44. The zero-order valence-corrected chi connectivity index (χ0v) is 11.3. The second-order valence-electron chi connectivity index (χ2n) is 4.95. The van der Waals surface area contributed by atoms with Crippen LogP contribution in [-0.2, 0) is 0 Å². The molecule has 4 heteroatoms. The highest BCUT2D eigenvalue weighted by Crippen LogP contribution is 2.29. The minimum absolute atomic E-state index is 0.640. The van der Waals surface area contributed by atoms with E-state index in [1.807, 2.05) is 25.1 Å². The van der Waals surface area contributed by atoms with Gasteiger partial charge in [-0.2, -0.15) is 0 Å². The lowest BCUT2D eigenvalue weighted by Crippen LogP contribution is -2.19. The van der Waals surface area contributed by atoms with E-state index in [2.05, 4.69) is 17.3 Å². The highest BCUT2D eigenvalue weighted by atomic mass is 16.5. The van der Waals surface area contributed by atoms with Gasteiger partial charge in [0, 0.05) is 13.1 Å². The molecule has 3 N–H and O–H groups in total. The number of para-hydroxylation sites is 1. The quantitative estimate of drug-likeness (QED) is 0.784. The number of nitrogens with one attached hydrogen (secondary N) is 1. The summed E-state index contributed by atoms with van der Waals surface area (Å²) in [5, 5.41) is 3.44. The minimum Gasteiger partial charge on any atom is -0.492 e. The van der Waals surface area contributed by atoms with Crippen LogP contribution < -0.4 is 15.8 Å². The summed E-state index contributed by atoms with van der Waals surface area (Å²) in [5.41, 5.74) is 7.78. The van der Waals surface area contributed by atoms with Crippen LogP contribution in [-0.4, -0.2) is 38.2 Å². The number of likely N-dealkylation sites (tertiary alicyclic amines) is 1. The summed E-state index contributed by atoms with van der Waals surface area (Å²) in [6, 6.07) is 5.90. The lowest BCUT2D eigenvalue weighted by atomic mass is 10.1. The molecule has 1 atom stereocenters. The Balaban J connectivity index is 1.94. The molecular weight excluding hydrogens is 226 g/mol. The van der Waals surface area contributed by atoms with Crippen LogP contribution in [0.4, 0.5) is 11.4 Å². The van der Waals surface area contributed by atoms with E-state index in [1.54, 1.807) is 0 Å². The minimum atomic E-state index is 0.640. The molecule has 1 aliphatic rings. The zero-order chi connectivity index (χ0) is 13.0. The van der Waals surface area contributed by atoms with E-state index in [9.17, 15) is 0 Å². The molecule has 100 valence electrons. The van der Waals surface area contributed by atoms with Crippen LogP contribution in [0.2, 0.25) is 0 Å². The Hall–Kier alpha value is -1.42. The van der Waals surface area contributed by atoms with Crippen molar-refractivity contribution in [1.82, 2.24) is 4.90 Å². The van der Waals surface area contributed by atoms with E-state index < -0.39 is 0 Å². The number of anilines is 2. The summed E-state index contributed by atoms with van der Waals surface area (Å²) in [6.45, 7) is 5.94. The van der Waals surface area contributed by atoms with Gasteiger partial charge in [0.2, 0.25) is 0 Å². The molecule has 2 rings (SSSR count). The molecule has 1 saturated heterocycles. The van der Waals surface area contributed by atoms with Gasteiger partial charge in [0.05, 0.1) is 18.0 Å². The molecular formula is C14H23N3O. The molecule has 1 fully saturated rings. The van der Waals surface area contributed by atoms with Crippen LogP contribution >= 0.6 is 0 Å². The molecule has 0 bridgehead atoms. The van der Waals surface area contributed by atoms with Crippen molar-refractivity contribution in [3.05, 3.63) is 18.2 Å². The molecule has 0 amide bonds. The number of benzene rings is 1. The fourth-order valence-electron chi connectivity index (χ4n) is 2.43. The topological polar surface area (TPSA) is 50.5 Å². The van der Waals surface area contributed by atoms with Crippen molar-refractivity contribution in [1.29, 1.82) is 0 Å². The Kier molecular flexibility index (Phi) is 4.31. The molecule has 1 heterocycles. The number of ether oxygens (including phenoxy) is 1. The molecule has 18 heavy (non-hydrogen) atoms. The number of hydrogen-bond acceptors (Lipinski definition) is 4. The first-order chi connectivity index (χ1) is 8.70.